The molecule has 0 aliphatic carbocycles. The van der Waals surface area contributed by atoms with Gasteiger partial charge in [-0.2, -0.15) is 0 Å². The normalized spacial score (nSPS) is 13.5. The van der Waals surface area contributed by atoms with Gasteiger partial charge in [0.1, 0.15) is 0 Å². The number of rotatable bonds is 3. The average molecular weight is 348 g/mol. The molecule has 0 atom stereocenters. The number of amides is 1. The number of anilines is 1. The quantitative estimate of drug-likeness (QED) is 0.763. The minimum atomic E-state index is -0.0161. The van der Waals surface area contributed by atoms with E-state index in [1.807, 2.05) is 36.6 Å². The molecule has 2 nitrogen and oxygen atoms in total. The summed E-state index contributed by atoms with van der Waals surface area (Å²) in [5.41, 5.74) is 3.60. The fourth-order valence-electron chi connectivity index (χ4n) is 2.33. The summed E-state index contributed by atoms with van der Waals surface area (Å²) in [5.74, 6) is 0.868. The van der Waals surface area contributed by atoms with E-state index >= 15 is 0 Å². The van der Waals surface area contributed by atoms with Crippen LogP contribution in [0.15, 0.2) is 34.1 Å². The summed E-state index contributed by atoms with van der Waals surface area (Å²) in [7, 11) is 0. The van der Waals surface area contributed by atoms with Crippen LogP contribution in [0.5, 0.6) is 0 Å². The van der Waals surface area contributed by atoms with Crippen molar-refractivity contribution in [1.82, 2.24) is 0 Å². The Balaban J connectivity index is 1.81. The van der Waals surface area contributed by atoms with Crippen molar-refractivity contribution in [3.8, 4) is 0 Å². The van der Waals surface area contributed by atoms with Gasteiger partial charge in [-0.3, -0.25) is 4.79 Å². The Morgan fingerprint density at radius 1 is 1.32 bits per heavy atom. The Hall–Kier alpha value is -1.17. The van der Waals surface area contributed by atoms with Gasteiger partial charge in [-0.25, -0.2) is 0 Å². The van der Waals surface area contributed by atoms with E-state index in [2.05, 4.69) is 19.2 Å². The maximum atomic E-state index is 12.5. The van der Waals surface area contributed by atoms with Crippen LogP contribution in [0, 0.1) is 13.8 Å². The van der Waals surface area contributed by atoms with Crippen molar-refractivity contribution in [3.63, 3.8) is 0 Å². The summed E-state index contributed by atoms with van der Waals surface area (Å²) in [6, 6.07) is 7.93. The number of carbonyl (C=O) groups excluding carboxylic acids is 1. The maximum absolute atomic E-state index is 12.5. The molecule has 1 N–H and O–H groups in total. The summed E-state index contributed by atoms with van der Waals surface area (Å²) in [5, 5.41) is 3.00. The van der Waals surface area contributed by atoms with E-state index < -0.39 is 0 Å². The van der Waals surface area contributed by atoms with Gasteiger partial charge in [0.25, 0.3) is 5.91 Å². The number of hydrogen-bond acceptors (Lipinski definition) is 4. The third-order valence-corrected chi connectivity index (χ3v) is 6.70. The molecule has 0 fully saturated rings. The van der Waals surface area contributed by atoms with Gasteiger partial charge in [0, 0.05) is 26.1 Å². The fraction of sp³-hybridized carbons (Fsp3) is 0.235. The first-order chi connectivity index (χ1) is 10.6. The van der Waals surface area contributed by atoms with E-state index in [9.17, 15) is 4.79 Å². The SMILES string of the molecule is CSc1cccc(NC(=O)C2=Cc3sc(C)c(C)c3CS2)c1. The minimum absolute atomic E-state index is 0.0161. The largest absolute Gasteiger partial charge is 0.322 e. The number of thiophene rings is 1. The highest BCUT2D eigenvalue weighted by Gasteiger charge is 2.21. The molecule has 1 aromatic heterocycles. The maximum Gasteiger partial charge on any atom is 0.262 e. The van der Waals surface area contributed by atoms with E-state index in [0.29, 0.717) is 0 Å². The van der Waals surface area contributed by atoms with E-state index in [-0.39, 0.29) is 5.91 Å². The molecule has 1 aromatic carbocycles. The van der Waals surface area contributed by atoms with Gasteiger partial charge in [0.15, 0.2) is 0 Å². The number of fused-ring (bicyclic) bond motifs is 1. The van der Waals surface area contributed by atoms with Crippen molar-refractivity contribution in [2.24, 2.45) is 0 Å². The monoisotopic (exact) mass is 347 g/mol. The summed E-state index contributed by atoms with van der Waals surface area (Å²) in [6.45, 7) is 4.31. The van der Waals surface area contributed by atoms with E-state index in [1.165, 1.54) is 20.9 Å². The molecule has 1 aliphatic heterocycles. The van der Waals surface area contributed by atoms with Gasteiger partial charge in [0.05, 0.1) is 4.91 Å². The van der Waals surface area contributed by atoms with Crippen molar-refractivity contribution in [2.75, 3.05) is 11.6 Å². The van der Waals surface area contributed by atoms with Gasteiger partial charge >= 0.3 is 0 Å². The first-order valence-corrected chi connectivity index (χ1v) is 10.00. The van der Waals surface area contributed by atoms with Gasteiger partial charge in [-0.1, -0.05) is 6.07 Å². The third kappa shape index (κ3) is 3.12. The summed E-state index contributed by atoms with van der Waals surface area (Å²) in [6.07, 6.45) is 4.06. The van der Waals surface area contributed by atoms with Crippen LogP contribution in [0.25, 0.3) is 6.08 Å². The van der Waals surface area contributed by atoms with Crippen molar-refractivity contribution >= 4 is 52.5 Å². The Kier molecular flexibility index (Phi) is 4.66. The fourth-order valence-corrected chi connectivity index (χ4v) is 5.14. The number of hydrogen-bond donors (Lipinski definition) is 1. The molecule has 1 aliphatic rings. The minimum Gasteiger partial charge on any atom is -0.322 e. The summed E-state index contributed by atoms with van der Waals surface area (Å²) < 4.78 is 0. The Bertz CT molecular complexity index is 761. The molecule has 22 heavy (non-hydrogen) atoms. The van der Waals surface area contributed by atoms with Crippen LogP contribution in [0.3, 0.4) is 0 Å². The summed E-state index contributed by atoms with van der Waals surface area (Å²) in [4.78, 5) is 17.0. The van der Waals surface area contributed by atoms with Gasteiger partial charge in [0.2, 0.25) is 0 Å². The average Bonchev–Trinajstić information content (AvgIpc) is 2.81. The molecule has 0 spiro atoms. The lowest BCUT2D eigenvalue weighted by Gasteiger charge is -2.14. The molecule has 0 radical (unpaired) electrons. The highest BCUT2D eigenvalue weighted by atomic mass is 32.2. The molecule has 114 valence electrons. The first-order valence-electron chi connectivity index (χ1n) is 6.97. The Labute approximate surface area is 143 Å². The molecule has 5 heteroatoms. The zero-order valence-electron chi connectivity index (χ0n) is 12.7. The van der Waals surface area contributed by atoms with Gasteiger partial charge < -0.3 is 5.32 Å². The zero-order valence-corrected chi connectivity index (χ0v) is 15.2. The van der Waals surface area contributed by atoms with Crippen LogP contribution >= 0.6 is 34.9 Å². The molecule has 0 saturated heterocycles. The molecule has 3 rings (SSSR count). The number of nitrogens with one attached hydrogen (secondary N) is 1. The predicted molar refractivity (Wildman–Crippen MR) is 99.9 cm³/mol. The smallest absolute Gasteiger partial charge is 0.262 e. The highest BCUT2D eigenvalue weighted by Crippen LogP contribution is 2.39. The van der Waals surface area contributed by atoms with Crippen molar-refractivity contribution in [1.29, 1.82) is 0 Å². The standard InChI is InChI=1S/C17H17NOS3/c1-10-11(2)22-15-8-16(21-9-14(10)15)17(19)18-12-5-4-6-13(7-12)20-3/h4-8H,9H2,1-3H3,(H,18,19). The molecular formula is C17H17NOS3. The van der Waals surface area contributed by atoms with Gasteiger partial charge in [-0.15, -0.1) is 34.9 Å². The highest BCUT2D eigenvalue weighted by molar-refractivity contribution is 8.03. The lowest BCUT2D eigenvalue weighted by Crippen LogP contribution is -2.14. The molecule has 0 unspecified atom stereocenters. The second-order valence-electron chi connectivity index (χ2n) is 5.11. The van der Waals surface area contributed by atoms with Gasteiger partial charge in [-0.05, 0) is 55.5 Å². The molecular weight excluding hydrogens is 330 g/mol. The first kappa shape index (κ1) is 15.7. The van der Waals surface area contributed by atoms with Crippen LogP contribution in [-0.2, 0) is 10.5 Å². The van der Waals surface area contributed by atoms with Crippen molar-refractivity contribution in [3.05, 3.63) is 50.1 Å². The molecule has 1 amide bonds. The number of aryl methyl sites for hydroxylation is 1. The molecule has 2 aromatic rings. The number of thioether (sulfide) groups is 2. The van der Waals surface area contributed by atoms with Crippen molar-refractivity contribution in [2.45, 2.75) is 24.5 Å². The lowest BCUT2D eigenvalue weighted by atomic mass is 10.1. The second-order valence-corrected chi connectivity index (χ2v) is 8.26. The van der Waals surface area contributed by atoms with Crippen LogP contribution < -0.4 is 5.32 Å². The number of carbonyl (C=O) groups is 1. The Morgan fingerprint density at radius 2 is 2.14 bits per heavy atom. The lowest BCUT2D eigenvalue weighted by molar-refractivity contribution is -0.112. The van der Waals surface area contributed by atoms with Crippen molar-refractivity contribution < 1.29 is 4.79 Å². The molecule has 0 bridgehead atoms. The van der Waals surface area contributed by atoms with E-state index in [1.54, 1.807) is 34.9 Å². The van der Waals surface area contributed by atoms with Crippen LogP contribution in [0.1, 0.15) is 20.9 Å². The molecule has 0 saturated carbocycles. The zero-order chi connectivity index (χ0) is 15.7. The van der Waals surface area contributed by atoms with E-state index in [4.69, 9.17) is 0 Å². The third-order valence-electron chi connectivity index (χ3n) is 3.73. The van der Waals surface area contributed by atoms with E-state index in [0.717, 1.165) is 21.2 Å². The van der Waals surface area contributed by atoms with Crippen LogP contribution in [0.2, 0.25) is 0 Å². The predicted octanol–water partition coefficient (Wildman–Crippen LogP) is 5.31. The van der Waals surface area contributed by atoms with Crippen LogP contribution in [0.4, 0.5) is 5.69 Å². The molecule has 2 heterocycles. The van der Waals surface area contributed by atoms with Crippen LogP contribution in [-0.4, -0.2) is 12.2 Å². The topological polar surface area (TPSA) is 29.1 Å². The number of benzene rings is 1. The Morgan fingerprint density at radius 3 is 2.91 bits per heavy atom. The second kappa shape index (κ2) is 6.52. The summed E-state index contributed by atoms with van der Waals surface area (Å²) >= 11 is 5.07.